The van der Waals surface area contributed by atoms with Crippen molar-refractivity contribution in [3.63, 3.8) is 0 Å². The predicted molar refractivity (Wildman–Crippen MR) is 116 cm³/mol. The number of pyridine rings is 1. The lowest BCUT2D eigenvalue weighted by Crippen LogP contribution is -2.62. The van der Waals surface area contributed by atoms with Gasteiger partial charge in [-0.2, -0.15) is 0 Å². The van der Waals surface area contributed by atoms with Crippen LogP contribution in [-0.2, 0) is 11.3 Å². The van der Waals surface area contributed by atoms with Gasteiger partial charge in [0.2, 0.25) is 5.91 Å². The smallest absolute Gasteiger partial charge is 0.223 e. The molecule has 2 aliphatic rings. The maximum absolute atomic E-state index is 13.0. The number of nitrogens with zero attached hydrogens (tertiary/aromatic N) is 2. The number of nitrogens with one attached hydrogen (secondary N) is 1. The van der Waals surface area contributed by atoms with Crippen LogP contribution in [0.2, 0.25) is 5.02 Å². The number of piperidine rings is 1. The molecule has 29 heavy (non-hydrogen) atoms. The topological polar surface area (TPSA) is 65.5 Å². The van der Waals surface area contributed by atoms with Gasteiger partial charge in [0.25, 0.3) is 0 Å². The Morgan fingerprint density at radius 1 is 1.41 bits per heavy atom. The molecule has 7 heteroatoms. The van der Waals surface area contributed by atoms with Gasteiger partial charge in [-0.05, 0) is 49.3 Å². The Balaban J connectivity index is 1.63. The number of hydrogen-bond donors (Lipinski definition) is 2. The molecule has 2 aromatic heterocycles. The number of hydrogen-bond acceptors (Lipinski definition) is 5. The summed E-state index contributed by atoms with van der Waals surface area (Å²) in [5, 5.41) is 17.2. The van der Waals surface area contributed by atoms with E-state index in [0.717, 1.165) is 42.7 Å². The lowest BCUT2D eigenvalue weighted by atomic mass is 9.81. The van der Waals surface area contributed by atoms with Crippen LogP contribution in [0, 0.1) is 5.92 Å². The first-order chi connectivity index (χ1) is 14.0. The second-order valence-corrected chi connectivity index (χ2v) is 9.86. The first-order valence-corrected chi connectivity index (χ1v) is 11.6. The van der Waals surface area contributed by atoms with E-state index in [1.807, 2.05) is 24.4 Å². The van der Waals surface area contributed by atoms with E-state index in [4.69, 9.17) is 11.6 Å². The number of aromatic nitrogens is 1. The molecule has 2 aromatic rings. The zero-order chi connectivity index (χ0) is 20.4. The molecule has 3 unspecified atom stereocenters. The summed E-state index contributed by atoms with van der Waals surface area (Å²) in [5.74, 6) is 0.151. The molecule has 2 N–H and O–H groups in total. The van der Waals surface area contributed by atoms with E-state index >= 15 is 0 Å². The van der Waals surface area contributed by atoms with Crippen molar-refractivity contribution in [3.05, 3.63) is 51.4 Å². The highest BCUT2D eigenvalue weighted by atomic mass is 35.5. The van der Waals surface area contributed by atoms with Crippen LogP contribution in [0.1, 0.15) is 55.5 Å². The van der Waals surface area contributed by atoms with Gasteiger partial charge in [-0.15, -0.1) is 11.3 Å². The molecule has 1 saturated carbocycles. The van der Waals surface area contributed by atoms with Crippen LogP contribution in [0.4, 0.5) is 0 Å². The fraction of sp³-hybridized carbons (Fsp3) is 0.545. The number of rotatable bonds is 5. The maximum atomic E-state index is 13.0. The molecule has 0 aromatic carbocycles. The first-order valence-electron chi connectivity index (χ1n) is 10.3. The Hall–Kier alpha value is -1.47. The van der Waals surface area contributed by atoms with E-state index in [-0.39, 0.29) is 23.9 Å². The van der Waals surface area contributed by atoms with Crippen LogP contribution in [0.15, 0.2) is 36.0 Å². The van der Waals surface area contributed by atoms with Crippen molar-refractivity contribution in [2.45, 2.75) is 63.3 Å². The van der Waals surface area contributed by atoms with Gasteiger partial charge in [-0.25, -0.2) is 0 Å². The molecular formula is C22H28ClN3O2S. The molecule has 0 spiro atoms. The number of likely N-dealkylation sites (tertiary alicyclic amines) is 1. The monoisotopic (exact) mass is 433 g/mol. The molecule has 2 fully saturated rings. The minimum Gasteiger partial charge on any atom is -0.388 e. The fourth-order valence-corrected chi connectivity index (χ4v) is 5.72. The van der Waals surface area contributed by atoms with Gasteiger partial charge in [-0.3, -0.25) is 14.7 Å². The Labute approximate surface area is 181 Å². The molecule has 3 atom stereocenters. The molecule has 1 aliphatic heterocycles. The van der Waals surface area contributed by atoms with E-state index in [0.29, 0.717) is 18.0 Å². The third-order valence-corrected chi connectivity index (χ3v) is 7.66. The first kappa shape index (κ1) is 20.8. The van der Waals surface area contributed by atoms with Crippen molar-refractivity contribution in [2.24, 2.45) is 5.92 Å². The third-order valence-electron chi connectivity index (χ3n) is 6.37. The molecule has 1 amide bonds. The van der Waals surface area contributed by atoms with Crippen molar-refractivity contribution in [2.75, 3.05) is 6.54 Å². The highest BCUT2D eigenvalue weighted by molar-refractivity contribution is 7.10. The average molecular weight is 434 g/mol. The van der Waals surface area contributed by atoms with Crippen LogP contribution >= 0.6 is 22.9 Å². The van der Waals surface area contributed by atoms with Gasteiger partial charge in [0.15, 0.2) is 0 Å². The number of carbonyl (C=O) groups is 1. The summed E-state index contributed by atoms with van der Waals surface area (Å²) >= 11 is 8.04. The summed E-state index contributed by atoms with van der Waals surface area (Å²) in [6, 6.07) is 5.58. The highest BCUT2D eigenvalue weighted by Crippen LogP contribution is 2.40. The van der Waals surface area contributed by atoms with Gasteiger partial charge in [0.1, 0.15) is 0 Å². The van der Waals surface area contributed by atoms with Gasteiger partial charge in [0, 0.05) is 36.3 Å². The van der Waals surface area contributed by atoms with Crippen LogP contribution in [0.25, 0.3) is 0 Å². The third kappa shape index (κ3) is 4.50. The molecule has 1 aliphatic carbocycles. The van der Waals surface area contributed by atoms with Crippen LogP contribution < -0.4 is 5.32 Å². The van der Waals surface area contributed by atoms with Crippen molar-refractivity contribution in [1.82, 2.24) is 15.2 Å². The Morgan fingerprint density at radius 3 is 2.90 bits per heavy atom. The largest absolute Gasteiger partial charge is 0.388 e. The average Bonchev–Trinajstić information content (AvgIpc) is 3.40. The van der Waals surface area contributed by atoms with E-state index in [9.17, 15) is 9.90 Å². The normalized spacial score (nSPS) is 28.5. The molecule has 0 bridgehead atoms. The number of amides is 1. The zero-order valence-electron chi connectivity index (χ0n) is 16.7. The summed E-state index contributed by atoms with van der Waals surface area (Å²) in [6.07, 6.45) is 8.12. The Kier molecular flexibility index (Phi) is 6.25. The fourth-order valence-electron chi connectivity index (χ4n) is 4.64. The number of aliphatic hydroxyl groups is 1. The molecule has 4 rings (SSSR count). The number of carbonyl (C=O) groups excluding carboxylic acids is 1. The second kappa shape index (κ2) is 8.72. The minimum absolute atomic E-state index is 0.0693. The Morgan fingerprint density at radius 2 is 2.21 bits per heavy atom. The number of halogens is 1. The predicted octanol–water partition coefficient (Wildman–Crippen LogP) is 4.17. The Bertz CT molecular complexity index is 836. The van der Waals surface area contributed by atoms with Crippen molar-refractivity contribution in [1.29, 1.82) is 0 Å². The quantitative estimate of drug-likeness (QED) is 0.742. The van der Waals surface area contributed by atoms with Gasteiger partial charge in [-0.1, -0.05) is 30.5 Å². The summed E-state index contributed by atoms with van der Waals surface area (Å²) in [7, 11) is 0. The van der Waals surface area contributed by atoms with Gasteiger partial charge >= 0.3 is 0 Å². The molecule has 156 valence electrons. The zero-order valence-corrected chi connectivity index (χ0v) is 18.3. The maximum Gasteiger partial charge on any atom is 0.223 e. The van der Waals surface area contributed by atoms with E-state index < -0.39 is 5.60 Å². The van der Waals surface area contributed by atoms with E-state index in [1.54, 1.807) is 23.7 Å². The van der Waals surface area contributed by atoms with E-state index in [1.165, 1.54) is 0 Å². The lowest BCUT2D eigenvalue weighted by molar-refractivity contribution is -0.132. The van der Waals surface area contributed by atoms with Crippen molar-refractivity contribution < 1.29 is 9.90 Å². The van der Waals surface area contributed by atoms with Crippen molar-refractivity contribution >= 4 is 28.8 Å². The summed E-state index contributed by atoms with van der Waals surface area (Å²) in [6.45, 7) is 3.23. The lowest BCUT2D eigenvalue weighted by Gasteiger charge is -2.49. The molecular weight excluding hydrogens is 406 g/mol. The van der Waals surface area contributed by atoms with Crippen molar-refractivity contribution in [3.8, 4) is 0 Å². The van der Waals surface area contributed by atoms with Crippen LogP contribution in [-0.4, -0.2) is 39.1 Å². The standard InChI is InChI=1S/C22H28ClN3O2S/c1-22(28)9-11-26(14-16-8-10-24-13-17(16)23)19(18-7-4-12-29-18)20(22)25-21(27)15-5-2-3-6-15/h4,7-8,10,12-13,15,19-20,28H,2-3,5-6,9,11,14H2,1H3,(H,25,27). The number of thiophene rings is 1. The summed E-state index contributed by atoms with van der Waals surface area (Å²) in [4.78, 5) is 20.5. The van der Waals surface area contributed by atoms with Gasteiger partial charge < -0.3 is 10.4 Å². The summed E-state index contributed by atoms with van der Waals surface area (Å²) < 4.78 is 0. The molecule has 1 saturated heterocycles. The molecule has 3 heterocycles. The van der Waals surface area contributed by atoms with Crippen LogP contribution in [0.5, 0.6) is 0 Å². The minimum atomic E-state index is -0.971. The van der Waals surface area contributed by atoms with Crippen LogP contribution in [0.3, 0.4) is 0 Å². The molecule has 0 radical (unpaired) electrons. The second-order valence-electron chi connectivity index (χ2n) is 8.47. The molecule has 5 nitrogen and oxygen atoms in total. The highest BCUT2D eigenvalue weighted by Gasteiger charge is 2.47. The summed E-state index contributed by atoms with van der Waals surface area (Å²) in [5.41, 5.74) is 0.0344. The SMILES string of the molecule is CC1(O)CCN(Cc2ccncc2Cl)C(c2cccs2)C1NC(=O)C1CCCC1. The van der Waals surface area contributed by atoms with E-state index in [2.05, 4.69) is 21.3 Å². The van der Waals surface area contributed by atoms with Gasteiger partial charge in [0.05, 0.1) is 22.7 Å².